The summed E-state index contributed by atoms with van der Waals surface area (Å²) in [6.45, 7) is 1.52. The van der Waals surface area contributed by atoms with Crippen LogP contribution in [0.1, 0.15) is 6.92 Å². The van der Waals surface area contributed by atoms with Crippen LogP contribution in [0.3, 0.4) is 0 Å². The molecule has 8 heteroatoms. The number of rotatable bonds is 4. The maximum Gasteiger partial charge on any atom is 0.316 e. The van der Waals surface area contributed by atoms with Gasteiger partial charge in [-0.15, -0.1) is 10.2 Å². The van der Waals surface area contributed by atoms with Crippen molar-refractivity contribution in [2.24, 2.45) is 7.05 Å². The molecule has 0 spiro atoms. The van der Waals surface area contributed by atoms with Crippen molar-refractivity contribution in [3.05, 3.63) is 40.8 Å². The summed E-state index contributed by atoms with van der Waals surface area (Å²) in [6, 6.07) is 7.70. The summed E-state index contributed by atoms with van der Waals surface area (Å²) in [5, 5.41) is 17.2. The standard InChI is InChI=1S/C15H14N4O3S/c1-8(14(21)22)23-15-16-13(20)12(17-18-15)10-7-19(2)11-6-4-3-5-9(10)11/h3-8H,1-2H3,(H,21,22)(H,16,18,20). The lowest BCUT2D eigenvalue weighted by Gasteiger charge is -2.04. The van der Waals surface area contributed by atoms with E-state index < -0.39 is 16.8 Å². The number of thioether (sulfide) groups is 1. The molecular formula is C15H14N4O3S. The molecule has 3 aromatic rings. The second-order valence-electron chi connectivity index (χ2n) is 5.08. The highest BCUT2D eigenvalue weighted by Gasteiger charge is 2.17. The maximum atomic E-state index is 12.3. The Morgan fingerprint density at radius 1 is 1.35 bits per heavy atom. The number of aromatic nitrogens is 4. The molecule has 0 aliphatic carbocycles. The molecule has 2 aromatic heterocycles. The van der Waals surface area contributed by atoms with Crippen molar-refractivity contribution in [1.29, 1.82) is 0 Å². The SMILES string of the molecule is CC(Sc1nnc(-c2cn(C)c3ccccc23)c(=O)[nH]1)C(=O)O. The molecule has 0 bridgehead atoms. The number of carboxylic acid groups (broad SMARTS) is 1. The lowest BCUT2D eigenvalue weighted by molar-refractivity contribution is -0.136. The average molecular weight is 330 g/mol. The van der Waals surface area contributed by atoms with Crippen LogP contribution in [0, 0.1) is 0 Å². The topological polar surface area (TPSA) is 101 Å². The summed E-state index contributed by atoms with van der Waals surface area (Å²) in [4.78, 5) is 25.8. The van der Waals surface area contributed by atoms with Crippen molar-refractivity contribution in [2.45, 2.75) is 17.3 Å². The third kappa shape index (κ3) is 2.85. The van der Waals surface area contributed by atoms with Crippen LogP contribution < -0.4 is 5.56 Å². The molecule has 3 rings (SSSR count). The molecule has 1 unspecified atom stereocenters. The van der Waals surface area contributed by atoms with Crippen molar-refractivity contribution in [3.63, 3.8) is 0 Å². The van der Waals surface area contributed by atoms with Crippen LogP contribution in [-0.4, -0.2) is 36.1 Å². The van der Waals surface area contributed by atoms with Crippen LogP contribution in [0.4, 0.5) is 0 Å². The number of aryl methyl sites for hydroxylation is 1. The number of benzene rings is 1. The fraction of sp³-hybridized carbons (Fsp3) is 0.200. The van der Waals surface area contributed by atoms with E-state index >= 15 is 0 Å². The minimum atomic E-state index is -0.976. The molecule has 0 radical (unpaired) electrons. The molecule has 7 nitrogen and oxygen atoms in total. The number of nitrogens with zero attached hydrogens (tertiary/aromatic N) is 3. The number of hydrogen-bond donors (Lipinski definition) is 2. The highest BCUT2D eigenvalue weighted by atomic mass is 32.2. The number of para-hydroxylation sites is 1. The first-order valence-electron chi connectivity index (χ1n) is 6.88. The summed E-state index contributed by atoms with van der Waals surface area (Å²) in [5.41, 5.74) is 1.51. The Bertz CT molecular complexity index is 947. The predicted molar refractivity (Wildman–Crippen MR) is 87.5 cm³/mol. The highest BCUT2D eigenvalue weighted by molar-refractivity contribution is 8.00. The first-order chi connectivity index (χ1) is 11.0. The van der Waals surface area contributed by atoms with E-state index in [2.05, 4.69) is 15.2 Å². The van der Waals surface area contributed by atoms with E-state index in [1.165, 1.54) is 6.92 Å². The number of carboxylic acids is 1. The molecule has 0 saturated heterocycles. The number of aromatic amines is 1. The minimum Gasteiger partial charge on any atom is -0.480 e. The van der Waals surface area contributed by atoms with Crippen molar-refractivity contribution in [3.8, 4) is 11.3 Å². The molecule has 118 valence electrons. The zero-order valence-corrected chi connectivity index (χ0v) is 13.3. The predicted octanol–water partition coefficient (Wildman–Crippen LogP) is 1.89. The number of hydrogen-bond acceptors (Lipinski definition) is 5. The lowest BCUT2D eigenvalue weighted by atomic mass is 10.1. The van der Waals surface area contributed by atoms with E-state index in [0.717, 1.165) is 22.7 Å². The first-order valence-corrected chi connectivity index (χ1v) is 7.76. The molecule has 23 heavy (non-hydrogen) atoms. The zero-order chi connectivity index (χ0) is 16.6. The van der Waals surface area contributed by atoms with Gasteiger partial charge < -0.3 is 9.67 Å². The molecule has 2 N–H and O–H groups in total. The lowest BCUT2D eigenvalue weighted by Crippen LogP contribution is -2.17. The van der Waals surface area contributed by atoms with Gasteiger partial charge in [0.2, 0.25) is 0 Å². The van der Waals surface area contributed by atoms with Crippen molar-refractivity contribution in [1.82, 2.24) is 19.7 Å². The fourth-order valence-electron chi connectivity index (χ4n) is 2.30. The molecule has 0 fully saturated rings. The van der Waals surface area contributed by atoms with Crippen LogP contribution >= 0.6 is 11.8 Å². The maximum absolute atomic E-state index is 12.3. The van der Waals surface area contributed by atoms with Crippen molar-refractivity contribution in [2.75, 3.05) is 0 Å². The van der Waals surface area contributed by atoms with Crippen LogP contribution in [0.2, 0.25) is 0 Å². The number of fused-ring (bicyclic) bond motifs is 1. The van der Waals surface area contributed by atoms with Gasteiger partial charge in [-0.3, -0.25) is 14.6 Å². The number of carbonyl (C=O) groups is 1. The summed E-state index contributed by atoms with van der Waals surface area (Å²) >= 11 is 0.945. The number of nitrogens with one attached hydrogen (secondary N) is 1. The molecular weight excluding hydrogens is 316 g/mol. The van der Waals surface area contributed by atoms with E-state index in [1.807, 2.05) is 42.1 Å². The van der Waals surface area contributed by atoms with Gasteiger partial charge in [0, 0.05) is 29.7 Å². The van der Waals surface area contributed by atoms with E-state index in [4.69, 9.17) is 5.11 Å². The Labute approximate surface area is 135 Å². The van der Waals surface area contributed by atoms with Crippen LogP contribution in [0.15, 0.2) is 40.4 Å². The Morgan fingerprint density at radius 2 is 2.09 bits per heavy atom. The summed E-state index contributed by atoms with van der Waals surface area (Å²) in [6.07, 6.45) is 1.83. The summed E-state index contributed by atoms with van der Waals surface area (Å²) in [7, 11) is 1.90. The van der Waals surface area contributed by atoms with Crippen molar-refractivity contribution < 1.29 is 9.90 Å². The first kappa shape index (κ1) is 15.3. The smallest absolute Gasteiger partial charge is 0.316 e. The van der Waals surface area contributed by atoms with E-state index in [0.29, 0.717) is 5.56 Å². The van der Waals surface area contributed by atoms with Gasteiger partial charge in [-0.25, -0.2) is 0 Å². The number of aliphatic carboxylic acids is 1. The second-order valence-corrected chi connectivity index (χ2v) is 6.41. The summed E-state index contributed by atoms with van der Waals surface area (Å²) < 4.78 is 1.92. The van der Waals surface area contributed by atoms with Gasteiger partial charge in [0.05, 0.1) is 0 Å². The van der Waals surface area contributed by atoms with Gasteiger partial charge in [0.15, 0.2) is 10.9 Å². The Hall–Kier alpha value is -2.61. The molecule has 1 aromatic carbocycles. The van der Waals surface area contributed by atoms with Crippen LogP contribution in [0.25, 0.3) is 22.2 Å². The zero-order valence-electron chi connectivity index (χ0n) is 12.5. The van der Waals surface area contributed by atoms with Gasteiger partial charge in [-0.2, -0.15) is 0 Å². The molecule has 0 amide bonds. The molecule has 0 aliphatic heterocycles. The van der Waals surface area contributed by atoms with Crippen molar-refractivity contribution >= 4 is 28.6 Å². The van der Waals surface area contributed by atoms with E-state index in [9.17, 15) is 9.59 Å². The molecule has 1 atom stereocenters. The van der Waals surface area contributed by atoms with Gasteiger partial charge in [0.1, 0.15) is 5.25 Å². The van der Waals surface area contributed by atoms with Crippen LogP contribution in [-0.2, 0) is 11.8 Å². The summed E-state index contributed by atoms with van der Waals surface area (Å²) in [5.74, 6) is -0.976. The van der Waals surface area contributed by atoms with E-state index in [-0.39, 0.29) is 10.9 Å². The average Bonchev–Trinajstić information content (AvgIpc) is 2.85. The third-order valence-corrected chi connectivity index (χ3v) is 4.43. The van der Waals surface area contributed by atoms with Gasteiger partial charge in [-0.05, 0) is 13.0 Å². The monoisotopic (exact) mass is 330 g/mol. The largest absolute Gasteiger partial charge is 0.480 e. The molecule has 0 aliphatic rings. The van der Waals surface area contributed by atoms with Gasteiger partial charge >= 0.3 is 5.97 Å². The normalized spacial score (nSPS) is 12.4. The molecule has 2 heterocycles. The van der Waals surface area contributed by atoms with Gasteiger partial charge in [-0.1, -0.05) is 30.0 Å². The molecule has 0 saturated carbocycles. The fourth-order valence-corrected chi connectivity index (χ4v) is 2.97. The quantitative estimate of drug-likeness (QED) is 0.709. The highest BCUT2D eigenvalue weighted by Crippen LogP contribution is 2.27. The Kier molecular flexibility index (Phi) is 3.91. The second kappa shape index (κ2) is 5.88. The minimum absolute atomic E-state index is 0.189. The number of H-pyrrole nitrogens is 1. The van der Waals surface area contributed by atoms with Gasteiger partial charge in [0.25, 0.3) is 5.56 Å². The third-order valence-electron chi connectivity index (χ3n) is 3.46. The van der Waals surface area contributed by atoms with E-state index in [1.54, 1.807) is 0 Å². The Morgan fingerprint density at radius 3 is 2.78 bits per heavy atom. The van der Waals surface area contributed by atoms with Crippen LogP contribution in [0.5, 0.6) is 0 Å². The Balaban J connectivity index is 2.04.